The third-order valence-electron chi connectivity index (χ3n) is 4.44. The van der Waals surface area contributed by atoms with Gasteiger partial charge in [-0.05, 0) is 35.4 Å². The molecular formula is C23H18BrN3O2. The molecule has 4 aromatic rings. The largest absolute Gasteiger partial charge is 0.507 e. The van der Waals surface area contributed by atoms with E-state index in [1.165, 1.54) is 0 Å². The van der Waals surface area contributed by atoms with E-state index in [1.807, 2.05) is 60.7 Å². The molecule has 5 nitrogen and oxygen atoms in total. The number of aromatic nitrogens is 2. The lowest BCUT2D eigenvalue weighted by Crippen LogP contribution is -1.99. The molecule has 1 aromatic heterocycles. The molecule has 3 aromatic carbocycles. The van der Waals surface area contributed by atoms with E-state index in [-0.39, 0.29) is 11.7 Å². The Kier molecular flexibility index (Phi) is 5.44. The Morgan fingerprint density at radius 1 is 0.931 bits per heavy atom. The zero-order chi connectivity index (χ0) is 20.2. The van der Waals surface area contributed by atoms with Crippen molar-refractivity contribution in [2.45, 2.75) is 6.61 Å². The van der Waals surface area contributed by atoms with Gasteiger partial charge >= 0.3 is 0 Å². The van der Waals surface area contributed by atoms with Gasteiger partial charge in [0.2, 0.25) is 5.95 Å². The maximum absolute atomic E-state index is 10.7. The third kappa shape index (κ3) is 4.38. The zero-order valence-corrected chi connectivity index (χ0v) is 17.0. The van der Waals surface area contributed by atoms with E-state index < -0.39 is 0 Å². The number of nitrogens with two attached hydrogens (primary N) is 1. The van der Waals surface area contributed by atoms with E-state index in [2.05, 4.69) is 25.9 Å². The summed E-state index contributed by atoms with van der Waals surface area (Å²) in [5.41, 5.74) is 9.70. The van der Waals surface area contributed by atoms with Crippen LogP contribution in [0, 0.1) is 0 Å². The van der Waals surface area contributed by atoms with Crippen molar-refractivity contribution in [2.75, 3.05) is 5.73 Å². The van der Waals surface area contributed by atoms with Crippen LogP contribution in [0.5, 0.6) is 11.5 Å². The first-order chi connectivity index (χ1) is 14.1. The van der Waals surface area contributed by atoms with Crippen LogP contribution < -0.4 is 10.5 Å². The minimum atomic E-state index is 0.0621. The molecule has 4 rings (SSSR count). The van der Waals surface area contributed by atoms with Gasteiger partial charge in [-0.25, -0.2) is 9.97 Å². The summed E-state index contributed by atoms with van der Waals surface area (Å²) in [6, 6.07) is 22.8. The van der Waals surface area contributed by atoms with Gasteiger partial charge in [-0.15, -0.1) is 0 Å². The van der Waals surface area contributed by atoms with Crippen molar-refractivity contribution in [2.24, 2.45) is 0 Å². The van der Waals surface area contributed by atoms with Crippen LogP contribution in [-0.4, -0.2) is 15.1 Å². The zero-order valence-electron chi connectivity index (χ0n) is 15.4. The summed E-state index contributed by atoms with van der Waals surface area (Å²) < 4.78 is 6.77. The molecule has 0 atom stereocenters. The van der Waals surface area contributed by atoms with E-state index in [0.717, 1.165) is 21.2 Å². The van der Waals surface area contributed by atoms with Crippen molar-refractivity contribution in [3.8, 4) is 33.9 Å². The second-order valence-electron chi connectivity index (χ2n) is 6.45. The Bertz CT molecular complexity index is 1130. The number of anilines is 1. The summed E-state index contributed by atoms with van der Waals surface area (Å²) in [6.07, 6.45) is 1.67. The fourth-order valence-corrected chi connectivity index (χ4v) is 3.25. The predicted molar refractivity (Wildman–Crippen MR) is 117 cm³/mol. The predicted octanol–water partition coefficient (Wildman–Crippen LogP) is 5.44. The van der Waals surface area contributed by atoms with E-state index >= 15 is 0 Å². The van der Waals surface area contributed by atoms with Crippen molar-refractivity contribution in [1.82, 2.24) is 9.97 Å². The maximum Gasteiger partial charge on any atom is 0.220 e. The number of hydrogen-bond acceptors (Lipinski definition) is 5. The van der Waals surface area contributed by atoms with Gasteiger partial charge in [0, 0.05) is 27.9 Å². The maximum atomic E-state index is 10.7. The normalized spacial score (nSPS) is 10.7. The van der Waals surface area contributed by atoms with Gasteiger partial charge in [0.25, 0.3) is 0 Å². The summed E-state index contributed by atoms with van der Waals surface area (Å²) in [4.78, 5) is 8.50. The highest BCUT2D eigenvalue weighted by Gasteiger charge is 2.15. The number of halogens is 1. The van der Waals surface area contributed by atoms with Crippen LogP contribution >= 0.6 is 15.9 Å². The van der Waals surface area contributed by atoms with Crippen molar-refractivity contribution < 1.29 is 9.84 Å². The first-order valence-corrected chi connectivity index (χ1v) is 9.78. The molecule has 0 bridgehead atoms. The van der Waals surface area contributed by atoms with E-state index in [0.29, 0.717) is 23.6 Å². The van der Waals surface area contributed by atoms with Gasteiger partial charge in [0.1, 0.15) is 18.1 Å². The van der Waals surface area contributed by atoms with Gasteiger partial charge in [0.05, 0.1) is 5.69 Å². The van der Waals surface area contributed by atoms with Gasteiger partial charge in [-0.2, -0.15) is 0 Å². The number of ether oxygens (including phenoxy) is 1. The molecule has 0 saturated carbocycles. The molecule has 29 heavy (non-hydrogen) atoms. The minimum absolute atomic E-state index is 0.0621. The van der Waals surface area contributed by atoms with Gasteiger partial charge in [-0.1, -0.05) is 58.4 Å². The Labute approximate surface area is 177 Å². The van der Waals surface area contributed by atoms with Crippen LogP contribution in [0.15, 0.2) is 83.5 Å². The van der Waals surface area contributed by atoms with Crippen molar-refractivity contribution in [1.29, 1.82) is 0 Å². The Morgan fingerprint density at radius 2 is 1.69 bits per heavy atom. The number of benzene rings is 3. The third-order valence-corrected chi connectivity index (χ3v) is 4.96. The van der Waals surface area contributed by atoms with Crippen molar-refractivity contribution >= 4 is 21.9 Å². The van der Waals surface area contributed by atoms with Gasteiger partial charge in [-0.3, -0.25) is 0 Å². The van der Waals surface area contributed by atoms with E-state index in [9.17, 15) is 5.11 Å². The van der Waals surface area contributed by atoms with Crippen LogP contribution in [0.4, 0.5) is 5.95 Å². The topological polar surface area (TPSA) is 81.3 Å². The first kappa shape index (κ1) is 19.0. The van der Waals surface area contributed by atoms with Crippen LogP contribution in [0.3, 0.4) is 0 Å². The first-order valence-electron chi connectivity index (χ1n) is 8.99. The highest BCUT2D eigenvalue weighted by molar-refractivity contribution is 9.10. The van der Waals surface area contributed by atoms with E-state index in [1.54, 1.807) is 18.3 Å². The monoisotopic (exact) mass is 447 g/mol. The van der Waals surface area contributed by atoms with Crippen LogP contribution in [0.1, 0.15) is 5.56 Å². The number of rotatable bonds is 5. The number of phenolic OH excluding ortho intramolecular Hbond substituents is 1. The lowest BCUT2D eigenvalue weighted by atomic mass is 10.00. The summed E-state index contributed by atoms with van der Waals surface area (Å²) >= 11 is 3.44. The number of nitrogens with zero attached hydrogens (tertiary/aromatic N) is 2. The molecule has 144 valence electrons. The van der Waals surface area contributed by atoms with Gasteiger partial charge in [0.15, 0.2) is 0 Å². The lowest BCUT2D eigenvalue weighted by Gasteiger charge is -2.13. The average Bonchev–Trinajstić information content (AvgIpc) is 2.74. The molecule has 0 aliphatic carbocycles. The standard InChI is InChI=1S/C23H18BrN3O2/c24-17-8-6-16(7-9-17)20-13-26-23(25)27-22(20)19-11-10-18(12-21(19)28)29-14-15-4-2-1-3-5-15/h1-13,28H,14H2,(H2,25,26,27). The number of aromatic hydroxyl groups is 1. The molecule has 0 radical (unpaired) electrons. The average molecular weight is 448 g/mol. The molecule has 0 unspecified atom stereocenters. The summed E-state index contributed by atoms with van der Waals surface area (Å²) in [5.74, 6) is 0.777. The highest BCUT2D eigenvalue weighted by atomic mass is 79.9. The second kappa shape index (κ2) is 8.32. The van der Waals surface area contributed by atoms with Crippen LogP contribution in [0.25, 0.3) is 22.4 Å². The molecule has 1 heterocycles. The molecule has 0 amide bonds. The van der Waals surface area contributed by atoms with Crippen LogP contribution in [0.2, 0.25) is 0 Å². The second-order valence-corrected chi connectivity index (χ2v) is 7.37. The van der Waals surface area contributed by atoms with Crippen LogP contribution in [-0.2, 0) is 6.61 Å². The molecule has 3 N–H and O–H groups in total. The summed E-state index contributed by atoms with van der Waals surface area (Å²) in [7, 11) is 0. The van der Waals surface area contributed by atoms with E-state index in [4.69, 9.17) is 10.5 Å². The highest BCUT2D eigenvalue weighted by Crippen LogP contribution is 2.37. The molecule has 6 heteroatoms. The van der Waals surface area contributed by atoms with Crippen molar-refractivity contribution in [3.63, 3.8) is 0 Å². The quantitative estimate of drug-likeness (QED) is 0.425. The Morgan fingerprint density at radius 3 is 2.41 bits per heavy atom. The molecule has 0 saturated heterocycles. The van der Waals surface area contributed by atoms with Crippen molar-refractivity contribution in [3.05, 3.63) is 89.0 Å². The Hall–Kier alpha value is -3.38. The number of hydrogen-bond donors (Lipinski definition) is 2. The number of nitrogen functional groups attached to an aromatic ring is 1. The molecular weight excluding hydrogens is 430 g/mol. The van der Waals surface area contributed by atoms with Gasteiger partial charge < -0.3 is 15.6 Å². The fraction of sp³-hybridized carbons (Fsp3) is 0.0435. The summed E-state index contributed by atoms with van der Waals surface area (Å²) in [6.45, 7) is 0.421. The molecule has 0 fully saturated rings. The fourth-order valence-electron chi connectivity index (χ4n) is 2.98. The minimum Gasteiger partial charge on any atom is -0.507 e. The lowest BCUT2D eigenvalue weighted by molar-refractivity contribution is 0.304. The number of phenols is 1. The summed E-state index contributed by atoms with van der Waals surface area (Å²) in [5, 5.41) is 10.7. The molecule has 0 aliphatic rings. The Balaban J connectivity index is 1.66. The SMILES string of the molecule is Nc1ncc(-c2ccc(Br)cc2)c(-c2ccc(OCc3ccccc3)cc2O)n1. The molecule has 0 aliphatic heterocycles. The molecule has 0 spiro atoms. The smallest absolute Gasteiger partial charge is 0.220 e.